The highest BCUT2D eigenvalue weighted by Gasteiger charge is 2.58. The fourth-order valence-electron chi connectivity index (χ4n) is 5.13. The van der Waals surface area contributed by atoms with Crippen molar-refractivity contribution in [2.75, 3.05) is 0 Å². The third kappa shape index (κ3) is 1.91. The first-order valence-electron chi connectivity index (χ1n) is 9.04. The highest BCUT2D eigenvalue weighted by Crippen LogP contribution is 2.57. The van der Waals surface area contributed by atoms with Crippen LogP contribution in [0.2, 0.25) is 0 Å². The highest BCUT2D eigenvalue weighted by atomic mass is 16.5. The average molecular weight is 335 g/mol. The zero-order chi connectivity index (χ0) is 17.2. The first-order valence-corrected chi connectivity index (χ1v) is 9.04. The standard InChI is InChI=1S/C21H21NO3/c1-12(23)17-19-15-8-4-5-11-21(15,22-20(17)24)25-16-10-9-13-6-2-3-7-14(13)18(16)19/h2-3,6-7,9-10,15,19,23H,4-5,8,11H2,1H3,(H,22,24)/b17-12-. The zero-order valence-electron chi connectivity index (χ0n) is 14.2. The summed E-state index contributed by atoms with van der Waals surface area (Å²) in [5, 5.41) is 15.7. The van der Waals surface area contributed by atoms with E-state index in [2.05, 4.69) is 23.5 Å². The van der Waals surface area contributed by atoms with Crippen LogP contribution < -0.4 is 10.1 Å². The maximum Gasteiger partial charge on any atom is 0.254 e. The Morgan fingerprint density at radius 1 is 1.24 bits per heavy atom. The van der Waals surface area contributed by atoms with Crippen LogP contribution in [-0.4, -0.2) is 16.7 Å². The van der Waals surface area contributed by atoms with Crippen molar-refractivity contribution < 1.29 is 14.6 Å². The average Bonchev–Trinajstić information content (AvgIpc) is 2.60. The van der Waals surface area contributed by atoms with Gasteiger partial charge in [-0.05, 0) is 36.6 Å². The van der Waals surface area contributed by atoms with Gasteiger partial charge in [-0.3, -0.25) is 4.79 Å². The number of ether oxygens (including phenoxy) is 1. The summed E-state index contributed by atoms with van der Waals surface area (Å²) in [6, 6.07) is 12.3. The van der Waals surface area contributed by atoms with E-state index >= 15 is 0 Å². The first-order chi connectivity index (χ1) is 12.1. The zero-order valence-corrected chi connectivity index (χ0v) is 14.2. The predicted molar refractivity (Wildman–Crippen MR) is 95.5 cm³/mol. The Labute approximate surface area is 146 Å². The van der Waals surface area contributed by atoms with Crippen molar-refractivity contribution in [2.45, 2.75) is 44.2 Å². The fourth-order valence-corrected chi connectivity index (χ4v) is 5.13. The van der Waals surface area contributed by atoms with Crippen LogP contribution in [0.3, 0.4) is 0 Å². The lowest BCUT2D eigenvalue weighted by atomic mass is 9.63. The molecule has 2 bridgehead atoms. The number of hydrogen-bond donors (Lipinski definition) is 2. The maximum atomic E-state index is 12.8. The van der Waals surface area contributed by atoms with Gasteiger partial charge in [-0.1, -0.05) is 36.8 Å². The van der Waals surface area contributed by atoms with Crippen LogP contribution in [0.1, 0.15) is 44.1 Å². The second kappa shape index (κ2) is 5.01. The molecule has 4 heteroatoms. The van der Waals surface area contributed by atoms with Crippen molar-refractivity contribution in [1.82, 2.24) is 5.32 Å². The second-order valence-electron chi connectivity index (χ2n) is 7.47. The van der Waals surface area contributed by atoms with Crippen molar-refractivity contribution >= 4 is 16.7 Å². The first kappa shape index (κ1) is 14.8. The lowest BCUT2D eigenvalue weighted by Crippen LogP contribution is -2.66. The fraction of sp³-hybridized carbons (Fsp3) is 0.381. The number of rotatable bonds is 0. The lowest BCUT2D eigenvalue weighted by Gasteiger charge is -2.55. The molecular weight excluding hydrogens is 314 g/mol. The van der Waals surface area contributed by atoms with E-state index in [9.17, 15) is 9.90 Å². The summed E-state index contributed by atoms with van der Waals surface area (Å²) in [7, 11) is 0. The number of benzene rings is 2. The minimum absolute atomic E-state index is 0.113. The monoisotopic (exact) mass is 335 g/mol. The number of aliphatic hydroxyl groups excluding tert-OH is 1. The van der Waals surface area contributed by atoms with E-state index in [1.807, 2.05) is 18.2 Å². The Balaban J connectivity index is 1.85. The summed E-state index contributed by atoms with van der Waals surface area (Å²) in [5.41, 5.74) is 0.927. The molecule has 2 fully saturated rings. The van der Waals surface area contributed by atoms with Crippen LogP contribution in [0.15, 0.2) is 47.7 Å². The molecule has 2 aromatic rings. The molecule has 0 radical (unpaired) electrons. The van der Waals surface area contributed by atoms with Crippen molar-refractivity contribution in [1.29, 1.82) is 0 Å². The van der Waals surface area contributed by atoms with Crippen molar-refractivity contribution in [3.8, 4) is 5.75 Å². The minimum atomic E-state index is -0.631. The predicted octanol–water partition coefficient (Wildman–Crippen LogP) is 4.16. The summed E-state index contributed by atoms with van der Waals surface area (Å²) in [5.74, 6) is 0.799. The van der Waals surface area contributed by atoms with Crippen LogP contribution in [0.25, 0.3) is 10.8 Å². The molecule has 2 aliphatic heterocycles. The molecule has 1 saturated heterocycles. The van der Waals surface area contributed by atoms with Gasteiger partial charge in [0.25, 0.3) is 5.91 Å². The molecule has 2 aromatic carbocycles. The number of fused-ring (bicyclic) bond motifs is 4. The number of carbonyl (C=O) groups is 1. The van der Waals surface area contributed by atoms with Crippen LogP contribution in [0.5, 0.6) is 5.75 Å². The molecule has 1 aliphatic carbocycles. The van der Waals surface area contributed by atoms with Gasteiger partial charge in [0.2, 0.25) is 0 Å². The second-order valence-corrected chi connectivity index (χ2v) is 7.47. The number of aliphatic hydroxyl groups is 1. The van der Waals surface area contributed by atoms with E-state index in [0.717, 1.165) is 47.8 Å². The van der Waals surface area contributed by atoms with Gasteiger partial charge in [0, 0.05) is 23.8 Å². The van der Waals surface area contributed by atoms with E-state index in [0.29, 0.717) is 5.57 Å². The Hall–Kier alpha value is -2.49. The van der Waals surface area contributed by atoms with Crippen molar-refractivity contribution in [3.05, 3.63) is 53.3 Å². The number of amides is 1. The van der Waals surface area contributed by atoms with Crippen molar-refractivity contribution in [2.24, 2.45) is 5.92 Å². The highest BCUT2D eigenvalue weighted by molar-refractivity contribution is 6.00. The minimum Gasteiger partial charge on any atom is -0.512 e. The van der Waals surface area contributed by atoms with E-state index in [-0.39, 0.29) is 23.5 Å². The molecule has 4 nitrogen and oxygen atoms in total. The van der Waals surface area contributed by atoms with E-state index in [1.54, 1.807) is 6.92 Å². The molecule has 2 heterocycles. The Morgan fingerprint density at radius 2 is 2.08 bits per heavy atom. The SMILES string of the molecule is C/C(O)=C1/C(=O)NC23CCCCC2C1c1c(ccc2ccccc12)O3. The summed E-state index contributed by atoms with van der Waals surface area (Å²) < 4.78 is 6.46. The quantitative estimate of drug-likeness (QED) is 0.561. The third-order valence-electron chi connectivity index (χ3n) is 6.12. The Morgan fingerprint density at radius 3 is 2.92 bits per heavy atom. The third-order valence-corrected chi connectivity index (χ3v) is 6.12. The number of carbonyl (C=O) groups excluding carboxylic acids is 1. The number of allylic oxidation sites excluding steroid dienone is 1. The number of piperidine rings is 1. The summed E-state index contributed by atoms with van der Waals surface area (Å²) in [6.45, 7) is 1.62. The van der Waals surface area contributed by atoms with E-state index < -0.39 is 5.72 Å². The molecule has 1 amide bonds. The van der Waals surface area contributed by atoms with Crippen LogP contribution in [0, 0.1) is 5.92 Å². The Kier molecular flexibility index (Phi) is 2.97. The topological polar surface area (TPSA) is 58.6 Å². The molecule has 1 saturated carbocycles. The molecular formula is C21H21NO3. The smallest absolute Gasteiger partial charge is 0.254 e. The van der Waals surface area contributed by atoms with Crippen LogP contribution in [-0.2, 0) is 4.79 Å². The molecule has 2 N–H and O–H groups in total. The van der Waals surface area contributed by atoms with Crippen LogP contribution in [0.4, 0.5) is 0 Å². The molecule has 128 valence electrons. The van der Waals surface area contributed by atoms with Gasteiger partial charge in [0.05, 0.1) is 11.3 Å². The van der Waals surface area contributed by atoms with Gasteiger partial charge in [0.15, 0.2) is 5.72 Å². The van der Waals surface area contributed by atoms with Crippen molar-refractivity contribution in [3.63, 3.8) is 0 Å². The summed E-state index contributed by atoms with van der Waals surface area (Å²) in [6.07, 6.45) is 3.98. The van der Waals surface area contributed by atoms with Gasteiger partial charge in [-0.15, -0.1) is 0 Å². The number of nitrogens with one attached hydrogen (secondary N) is 1. The van der Waals surface area contributed by atoms with Gasteiger partial charge < -0.3 is 15.2 Å². The molecule has 3 atom stereocenters. The molecule has 0 spiro atoms. The molecule has 5 rings (SSSR count). The van der Waals surface area contributed by atoms with Gasteiger partial charge in [-0.2, -0.15) is 0 Å². The van der Waals surface area contributed by atoms with Gasteiger partial charge >= 0.3 is 0 Å². The normalized spacial score (nSPS) is 32.3. The number of hydrogen-bond acceptors (Lipinski definition) is 3. The summed E-state index contributed by atoms with van der Waals surface area (Å²) in [4.78, 5) is 12.8. The molecule has 3 unspecified atom stereocenters. The molecule has 3 aliphatic rings. The largest absolute Gasteiger partial charge is 0.512 e. The Bertz CT molecular complexity index is 928. The van der Waals surface area contributed by atoms with E-state index in [4.69, 9.17) is 4.74 Å². The lowest BCUT2D eigenvalue weighted by molar-refractivity contribution is -0.140. The molecule has 0 aromatic heterocycles. The summed E-state index contributed by atoms with van der Waals surface area (Å²) >= 11 is 0. The maximum absolute atomic E-state index is 12.8. The van der Waals surface area contributed by atoms with Crippen LogP contribution >= 0.6 is 0 Å². The van der Waals surface area contributed by atoms with Gasteiger partial charge in [0.1, 0.15) is 5.75 Å². The molecule has 25 heavy (non-hydrogen) atoms. The van der Waals surface area contributed by atoms with Gasteiger partial charge in [-0.25, -0.2) is 0 Å². The van der Waals surface area contributed by atoms with E-state index in [1.165, 1.54) is 0 Å².